The Hall–Kier alpha value is -2.17. The highest BCUT2D eigenvalue weighted by atomic mass is 16.5. The van der Waals surface area contributed by atoms with Gasteiger partial charge >= 0.3 is 0 Å². The van der Waals surface area contributed by atoms with Gasteiger partial charge in [-0.25, -0.2) is 0 Å². The summed E-state index contributed by atoms with van der Waals surface area (Å²) in [5.74, 6) is -0.880. The van der Waals surface area contributed by atoms with E-state index in [-0.39, 0.29) is 28.4 Å². The molecule has 1 aromatic heterocycles. The maximum atomic E-state index is 11.8. The number of aromatic nitrogens is 1. The Balaban J connectivity index is 2.72. The summed E-state index contributed by atoms with van der Waals surface area (Å²) in [6.45, 7) is 0. The van der Waals surface area contributed by atoms with Gasteiger partial charge in [-0.3, -0.25) is 14.4 Å². The molecule has 0 N–H and O–H groups in total. The first-order valence-corrected chi connectivity index (χ1v) is 4.52. The summed E-state index contributed by atoms with van der Waals surface area (Å²) in [5, 5.41) is 0. The number of aldehydes is 1. The largest absolute Gasteiger partial charge is 0.492 e. The van der Waals surface area contributed by atoms with E-state index in [0.29, 0.717) is 6.29 Å². The van der Waals surface area contributed by atoms with Crippen molar-refractivity contribution in [3.8, 4) is 0 Å². The van der Waals surface area contributed by atoms with Gasteiger partial charge in [0.1, 0.15) is 5.69 Å². The molecule has 5 nitrogen and oxygen atoms in total. The van der Waals surface area contributed by atoms with Crippen LogP contribution in [0.4, 0.5) is 0 Å². The molecular weight excluding hydrogens is 210 g/mol. The number of hydrogen-bond donors (Lipinski definition) is 0. The minimum absolute atomic E-state index is 0.0554. The summed E-state index contributed by atoms with van der Waals surface area (Å²) < 4.78 is 6.14. The van der Waals surface area contributed by atoms with Crippen molar-refractivity contribution in [3.05, 3.63) is 34.9 Å². The molecule has 1 aliphatic rings. The highest BCUT2D eigenvalue weighted by molar-refractivity contribution is 6.25. The number of carbonyl (C=O) groups excluding carboxylic acids is 3. The standard InChI is InChI=1S/C11H8NO4/c1-12-4-6(5-13)9-10(12)7(14)3-8(16-2)11(9)15/h3,5H,1-2H3. The van der Waals surface area contributed by atoms with Gasteiger partial charge < -0.3 is 9.30 Å². The molecule has 1 radical (unpaired) electrons. The molecule has 0 amide bonds. The lowest BCUT2D eigenvalue weighted by Crippen LogP contribution is -2.19. The van der Waals surface area contributed by atoms with Gasteiger partial charge in [0.25, 0.3) is 0 Å². The molecular formula is C11H8NO4. The lowest BCUT2D eigenvalue weighted by molar-refractivity contribution is 0.0911. The summed E-state index contributed by atoms with van der Waals surface area (Å²) in [5.41, 5.74) is 0.327. The molecule has 0 fully saturated rings. The molecule has 1 aromatic rings. The second-order valence-electron chi connectivity index (χ2n) is 3.33. The van der Waals surface area contributed by atoms with Crippen LogP contribution in [0.3, 0.4) is 0 Å². The van der Waals surface area contributed by atoms with Crippen molar-refractivity contribution >= 4 is 17.9 Å². The van der Waals surface area contributed by atoms with Crippen LogP contribution in [-0.2, 0) is 11.8 Å². The zero-order chi connectivity index (χ0) is 11.9. The van der Waals surface area contributed by atoms with E-state index >= 15 is 0 Å². The Bertz CT molecular complexity index is 536. The second-order valence-corrected chi connectivity index (χ2v) is 3.33. The third kappa shape index (κ3) is 1.21. The number of Topliss-reactive ketones (excluding diaryl/α,β-unsaturated/α-hetero) is 1. The predicted octanol–water partition coefficient (Wildman–Crippen LogP) is 0.547. The van der Waals surface area contributed by atoms with Crippen LogP contribution in [0.5, 0.6) is 0 Å². The first-order chi connectivity index (χ1) is 7.60. The van der Waals surface area contributed by atoms with E-state index in [1.165, 1.54) is 11.7 Å². The molecule has 0 unspecified atom stereocenters. The lowest BCUT2D eigenvalue weighted by atomic mass is 9.97. The van der Waals surface area contributed by atoms with Gasteiger partial charge in [0, 0.05) is 13.1 Å². The number of nitrogens with zero attached hydrogens (tertiary/aromatic N) is 1. The van der Waals surface area contributed by atoms with Crippen molar-refractivity contribution in [1.82, 2.24) is 4.57 Å². The average molecular weight is 218 g/mol. The van der Waals surface area contributed by atoms with Crippen LogP contribution in [0.1, 0.15) is 31.2 Å². The molecule has 0 spiro atoms. The van der Waals surface area contributed by atoms with E-state index in [1.807, 2.05) is 0 Å². The first-order valence-electron chi connectivity index (χ1n) is 4.52. The van der Waals surface area contributed by atoms with E-state index in [0.717, 1.165) is 6.08 Å². The van der Waals surface area contributed by atoms with Crippen molar-refractivity contribution in [2.45, 2.75) is 0 Å². The average Bonchev–Trinajstić information content (AvgIpc) is 2.61. The van der Waals surface area contributed by atoms with Crippen LogP contribution in [0, 0.1) is 6.20 Å². The molecule has 16 heavy (non-hydrogen) atoms. The Labute approximate surface area is 91.3 Å². The highest BCUT2D eigenvalue weighted by Gasteiger charge is 2.32. The zero-order valence-electron chi connectivity index (χ0n) is 8.73. The van der Waals surface area contributed by atoms with Crippen molar-refractivity contribution in [3.63, 3.8) is 0 Å². The molecule has 0 aromatic carbocycles. The molecule has 0 bridgehead atoms. The SMILES string of the molecule is COC1=CC(=O)c2c(c(C=O)[c]n2C)C1=O. The number of hydrogen-bond acceptors (Lipinski definition) is 4. The number of ketones is 2. The number of methoxy groups -OCH3 is 1. The van der Waals surface area contributed by atoms with E-state index < -0.39 is 5.78 Å². The third-order valence-corrected chi connectivity index (χ3v) is 2.41. The molecule has 81 valence electrons. The number of ether oxygens (including phenoxy) is 1. The monoisotopic (exact) mass is 218 g/mol. The molecule has 1 heterocycles. The van der Waals surface area contributed by atoms with Gasteiger partial charge in [-0.1, -0.05) is 0 Å². The molecule has 0 saturated heterocycles. The normalized spacial score (nSPS) is 14.5. The highest BCUT2D eigenvalue weighted by Crippen LogP contribution is 2.24. The lowest BCUT2D eigenvalue weighted by Gasteiger charge is -2.11. The number of fused-ring (bicyclic) bond motifs is 1. The van der Waals surface area contributed by atoms with Crippen LogP contribution >= 0.6 is 0 Å². The molecule has 1 aliphatic carbocycles. The molecule has 0 atom stereocenters. The van der Waals surface area contributed by atoms with Gasteiger partial charge in [0.05, 0.1) is 24.4 Å². The Kier molecular flexibility index (Phi) is 2.23. The summed E-state index contributed by atoms with van der Waals surface area (Å²) in [6, 6.07) is 0. The van der Waals surface area contributed by atoms with Crippen molar-refractivity contribution in [2.24, 2.45) is 7.05 Å². The Morgan fingerprint density at radius 2 is 2.12 bits per heavy atom. The van der Waals surface area contributed by atoms with E-state index in [1.54, 1.807) is 7.05 Å². The first kappa shape index (κ1) is 10.4. The zero-order valence-corrected chi connectivity index (χ0v) is 8.73. The topological polar surface area (TPSA) is 65.4 Å². The van der Waals surface area contributed by atoms with Crippen molar-refractivity contribution in [1.29, 1.82) is 0 Å². The van der Waals surface area contributed by atoms with E-state index in [4.69, 9.17) is 4.74 Å². The second kappa shape index (κ2) is 3.44. The summed E-state index contributed by atoms with van der Waals surface area (Å²) >= 11 is 0. The Morgan fingerprint density at radius 1 is 1.44 bits per heavy atom. The van der Waals surface area contributed by atoms with Gasteiger partial charge in [0.15, 0.2) is 12.0 Å². The van der Waals surface area contributed by atoms with Crippen LogP contribution < -0.4 is 0 Å². The van der Waals surface area contributed by atoms with Crippen molar-refractivity contribution < 1.29 is 19.1 Å². The van der Waals surface area contributed by atoms with Crippen LogP contribution in [0.25, 0.3) is 0 Å². The minimum atomic E-state index is -0.462. The smallest absolute Gasteiger partial charge is 0.230 e. The number of rotatable bonds is 2. The molecule has 0 saturated carbocycles. The van der Waals surface area contributed by atoms with Crippen LogP contribution in [-0.4, -0.2) is 29.5 Å². The third-order valence-electron chi connectivity index (χ3n) is 2.41. The number of allylic oxidation sites excluding steroid dienone is 2. The summed E-state index contributed by atoms with van der Waals surface area (Å²) in [6.07, 6.45) is 4.25. The molecule has 0 aliphatic heterocycles. The number of carbonyl (C=O) groups is 3. The van der Waals surface area contributed by atoms with Crippen molar-refractivity contribution in [2.75, 3.05) is 7.11 Å². The fourth-order valence-corrected chi connectivity index (χ4v) is 1.72. The fraction of sp³-hybridized carbons (Fsp3) is 0.182. The van der Waals surface area contributed by atoms with Crippen LogP contribution in [0.15, 0.2) is 11.8 Å². The predicted molar refractivity (Wildman–Crippen MR) is 53.4 cm³/mol. The summed E-state index contributed by atoms with van der Waals surface area (Å²) in [4.78, 5) is 34.3. The number of aryl methyl sites for hydroxylation is 1. The maximum Gasteiger partial charge on any atom is 0.230 e. The van der Waals surface area contributed by atoms with Gasteiger partial charge in [0.2, 0.25) is 11.6 Å². The molecule has 2 rings (SSSR count). The minimum Gasteiger partial charge on any atom is -0.492 e. The van der Waals surface area contributed by atoms with Gasteiger partial charge in [-0.15, -0.1) is 0 Å². The van der Waals surface area contributed by atoms with Crippen LogP contribution in [0.2, 0.25) is 0 Å². The molecule has 5 heteroatoms. The van der Waals surface area contributed by atoms with E-state index in [9.17, 15) is 14.4 Å². The summed E-state index contributed by atoms with van der Waals surface area (Å²) in [7, 11) is 2.86. The maximum absolute atomic E-state index is 11.8. The quantitative estimate of drug-likeness (QED) is 0.680. The van der Waals surface area contributed by atoms with Gasteiger partial charge in [-0.05, 0) is 0 Å². The van der Waals surface area contributed by atoms with Gasteiger partial charge in [-0.2, -0.15) is 0 Å². The fourth-order valence-electron chi connectivity index (χ4n) is 1.72. The Morgan fingerprint density at radius 3 is 2.69 bits per heavy atom. The van der Waals surface area contributed by atoms with E-state index in [2.05, 4.69) is 6.20 Å².